The molecule has 6 rings (SSSR count). The second-order valence-corrected chi connectivity index (χ2v) is 9.26. The lowest BCUT2D eigenvalue weighted by Gasteiger charge is -2.04. The molecule has 1 aliphatic rings. The summed E-state index contributed by atoms with van der Waals surface area (Å²) in [6.07, 6.45) is 0. The van der Waals surface area contributed by atoms with E-state index in [0.29, 0.717) is 11.3 Å². The van der Waals surface area contributed by atoms with Crippen molar-refractivity contribution in [3.05, 3.63) is 87.9 Å². The lowest BCUT2D eigenvalue weighted by Crippen LogP contribution is -2.00. The SMILES string of the molecule is Cc1cccc(-c2nn(-c3nc4ccc(Br)cc4s3)c3c2C(=O)c2ccccc2-3)c1. The Balaban J connectivity index is 1.67. The van der Waals surface area contributed by atoms with E-state index in [1.165, 1.54) is 0 Å². The molecule has 0 bridgehead atoms. The third kappa shape index (κ3) is 2.54. The number of aromatic nitrogens is 3. The number of carbonyl (C=O) groups excluding carboxylic acids is 1. The average molecular weight is 472 g/mol. The van der Waals surface area contributed by atoms with E-state index in [2.05, 4.69) is 28.1 Å². The van der Waals surface area contributed by atoms with Crippen LogP contribution in [0.5, 0.6) is 0 Å². The minimum absolute atomic E-state index is 0.0206. The fraction of sp³-hybridized carbons (Fsp3) is 0.0417. The van der Waals surface area contributed by atoms with Crippen molar-refractivity contribution in [2.24, 2.45) is 0 Å². The molecule has 144 valence electrons. The van der Waals surface area contributed by atoms with Gasteiger partial charge in [0, 0.05) is 21.2 Å². The molecule has 4 nitrogen and oxygen atoms in total. The molecule has 0 N–H and O–H groups in total. The third-order valence-electron chi connectivity index (χ3n) is 5.35. The summed E-state index contributed by atoms with van der Waals surface area (Å²) < 4.78 is 3.92. The Labute approximate surface area is 185 Å². The van der Waals surface area contributed by atoms with E-state index in [9.17, 15) is 4.79 Å². The van der Waals surface area contributed by atoms with Crippen molar-refractivity contribution in [2.45, 2.75) is 6.92 Å². The maximum Gasteiger partial charge on any atom is 0.212 e. The number of rotatable bonds is 2. The maximum absolute atomic E-state index is 13.4. The summed E-state index contributed by atoms with van der Waals surface area (Å²) in [7, 11) is 0. The van der Waals surface area contributed by atoms with Crippen LogP contribution in [0.3, 0.4) is 0 Å². The van der Waals surface area contributed by atoms with E-state index in [0.717, 1.165) is 47.8 Å². The minimum Gasteiger partial charge on any atom is -0.288 e. The zero-order valence-electron chi connectivity index (χ0n) is 15.9. The van der Waals surface area contributed by atoms with Crippen molar-refractivity contribution in [2.75, 3.05) is 0 Å². The fourth-order valence-electron chi connectivity index (χ4n) is 4.01. The molecule has 3 aromatic carbocycles. The molecule has 0 amide bonds. The summed E-state index contributed by atoms with van der Waals surface area (Å²) in [4.78, 5) is 18.2. The summed E-state index contributed by atoms with van der Waals surface area (Å²) in [6.45, 7) is 2.04. The molecular weight excluding hydrogens is 458 g/mol. The van der Waals surface area contributed by atoms with Crippen LogP contribution in [0.15, 0.2) is 71.2 Å². The maximum atomic E-state index is 13.4. The van der Waals surface area contributed by atoms with Crippen LogP contribution in [0.4, 0.5) is 0 Å². The zero-order chi connectivity index (χ0) is 20.4. The van der Waals surface area contributed by atoms with Crippen LogP contribution in [-0.4, -0.2) is 20.5 Å². The smallest absolute Gasteiger partial charge is 0.212 e. The van der Waals surface area contributed by atoms with Crippen LogP contribution in [0.2, 0.25) is 0 Å². The van der Waals surface area contributed by atoms with Crippen molar-refractivity contribution >= 4 is 43.3 Å². The van der Waals surface area contributed by atoms with Gasteiger partial charge in [0.2, 0.25) is 5.13 Å². The van der Waals surface area contributed by atoms with Crippen molar-refractivity contribution < 1.29 is 4.79 Å². The first-order chi connectivity index (χ1) is 14.6. The van der Waals surface area contributed by atoms with E-state index in [1.807, 2.05) is 66.2 Å². The monoisotopic (exact) mass is 471 g/mol. The number of ketones is 1. The van der Waals surface area contributed by atoms with E-state index in [1.54, 1.807) is 11.3 Å². The normalized spacial score (nSPS) is 12.4. The molecule has 6 heteroatoms. The number of benzene rings is 3. The number of hydrogen-bond acceptors (Lipinski definition) is 4. The number of nitrogens with zero attached hydrogens (tertiary/aromatic N) is 3. The molecule has 0 spiro atoms. The van der Waals surface area contributed by atoms with E-state index in [-0.39, 0.29) is 5.78 Å². The molecule has 0 saturated heterocycles. The van der Waals surface area contributed by atoms with E-state index >= 15 is 0 Å². The highest BCUT2D eigenvalue weighted by atomic mass is 79.9. The quantitative estimate of drug-likeness (QED) is 0.292. The van der Waals surface area contributed by atoms with Crippen LogP contribution >= 0.6 is 27.3 Å². The Morgan fingerprint density at radius 1 is 0.967 bits per heavy atom. The van der Waals surface area contributed by atoms with E-state index < -0.39 is 0 Å². The van der Waals surface area contributed by atoms with Gasteiger partial charge in [0.25, 0.3) is 0 Å². The molecule has 0 unspecified atom stereocenters. The Kier molecular flexibility index (Phi) is 3.82. The molecule has 30 heavy (non-hydrogen) atoms. The Hall–Kier alpha value is -3.09. The fourth-order valence-corrected chi connectivity index (χ4v) is 5.49. The van der Waals surface area contributed by atoms with Crippen molar-refractivity contribution in [1.29, 1.82) is 0 Å². The van der Waals surface area contributed by atoms with Gasteiger partial charge < -0.3 is 0 Å². The summed E-state index contributed by atoms with van der Waals surface area (Å²) in [6, 6.07) is 21.9. The molecule has 0 saturated carbocycles. The van der Waals surface area contributed by atoms with Crippen molar-refractivity contribution in [1.82, 2.24) is 14.8 Å². The summed E-state index contributed by atoms with van der Waals surface area (Å²) in [5, 5.41) is 5.66. The predicted octanol–water partition coefficient (Wildman–Crippen LogP) is 6.43. The van der Waals surface area contributed by atoms with Gasteiger partial charge in [0.15, 0.2) is 5.78 Å². The Morgan fingerprint density at radius 3 is 2.63 bits per heavy atom. The lowest BCUT2D eigenvalue weighted by atomic mass is 10.0. The first-order valence-corrected chi connectivity index (χ1v) is 11.1. The largest absolute Gasteiger partial charge is 0.288 e. The predicted molar refractivity (Wildman–Crippen MR) is 123 cm³/mol. The summed E-state index contributed by atoms with van der Waals surface area (Å²) in [5.74, 6) is 0.0206. The lowest BCUT2D eigenvalue weighted by molar-refractivity contribution is 0.104. The number of halogens is 1. The summed E-state index contributed by atoms with van der Waals surface area (Å²) in [5.41, 5.74) is 6.79. The van der Waals surface area contributed by atoms with Crippen molar-refractivity contribution in [3.8, 4) is 27.6 Å². The van der Waals surface area contributed by atoms with Gasteiger partial charge in [-0.05, 0) is 31.2 Å². The number of aryl methyl sites for hydroxylation is 1. The number of fused-ring (bicyclic) bond motifs is 4. The first kappa shape index (κ1) is 17.7. The first-order valence-electron chi connectivity index (χ1n) is 9.51. The van der Waals surface area contributed by atoms with Crippen LogP contribution in [-0.2, 0) is 0 Å². The Morgan fingerprint density at radius 2 is 1.80 bits per heavy atom. The molecular formula is C24H14BrN3OS. The molecule has 5 aromatic rings. The highest BCUT2D eigenvalue weighted by molar-refractivity contribution is 9.10. The number of carbonyl (C=O) groups is 1. The zero-order valence-corrected chi connectivity index (χ0v) is 18.3. The molecule has 0 atom stereocenters. The van der Waals surface area contributed by atoms with E-state index in [4.69, 9.17) is 10.1 Å². The van der Waals surface area contributed by atoms with Gasteiger partial charge in [-0.15, -0.1) is 0 Å². The van der Waals surface area contributed by atoms with Crippen LogP contribution < -0.4 is 0 Å². The van der Waals surface area contributed by atoms with Gasteiger partial charge in [-0.3, -0.25) is 4.79 Å². The van der Waals surface area contributed by atoms with Crippen LogP contribution in [0.25, 0.3) is 37.9 Å². The molecule has 2 aromatic heterocycles. The van der Waals surface area contributed by atoms with Crippen molar-refractivity contribution in [3.63, 3.8) is 0 Å². The molecule has 0 aliphatic heterocycles. The topological polar surface area (TPSA) is 47.8 Å². The van der Waals surface area contributed by atoms with Crippen LogP contribution in [0.1, 0.15) is 21.5 Å². The van der Waals surface area contributed by atoms with Gasteiger partial charge in [0.1, 0.15) is 5.69 Å². The molecule has 0 fully saturated rings. The Bertz CT molecular complexity index is 1500. The number of hydrogen-bond donors (Lipinski definition) is 0. The standard InChI is InChI=1S/C24H14BrN3OS/c1-13-5-4-6-14(11-13)21-20-22(16-7-2-3-8-17(16)23(20)29)28(27-21)24-26-18-10-9-15(25)12-19(18)30-24/h2-12H,1H3. The van der Waals surface area contributed by atoms with Crippen LogP contribution in [0, 0.1) is 6.92 Å². The van der Waals surface area contributed by atoms with Gasteiger partial charge in [-0.25, -0.2) is 9.67 Å². The second-order valence-electron chi connectivity index (χ2n) is 7.34. The van der Waals surface area contributed by atoms with Gasteiger partial charge in [-0.1, -0.05) is 75.3 Å². The molecule has 2 heterocycles. The van der Waals surface area contributed by atoms with Gasteiger partial charge in [-0.2, -0.15) is 5.10 Å². The summed E-state index contributed by atoms with van der Waals surface area (Å²) >= 11 is 5.10. The van der Waals surface area contributed by atoms with Gasteiger partial charge in [0.05, 0.1) is 21.5 Å². The minimum atomic E-state index is 0.0206. The third-order valence-corrected chi connectivity index (χ3v) is 6.84. The second kappa shape index (κ2) is 6.45. The average Bonchev–Trinajstić information content (AvgIpc) is 3.41. The molecule has 0 radical (unpaired) electrons. The van der Waals surface area contributed by atoms with Gasteiger partial charge >= 0.3 is 0 Å². The molecule has 1 aliphatic carbocycles. The number of thiazole rings is 1. The highest BCUT2D eigenvalue weighted by Crippen LogP contribution is 2.43. The highest BCUT2D eigenvalue weighted by Gasteiger charge is 2.35.